The van der Waals surface area contributed by atoms with E-state index < -0.39 is 0 Å². The number of hydrogen-bond acceptors (Lipinski definition) is 5. The molecule has 0 amide bonds. The first-order valence-corrected chi connectivity index (χ1v) is 5.67. The highest BCUT2D eigenvalue weighted by atomic mass is 32.2. The monoisotopic (exact) mass is 213 g/mol. The summed E-state index contributed by atoms with van der Waals surface area (Å²) in [4.78, 5) is 11.1. The topological polar surface area (TPSA) is 56.5 Å². The van der Waals surface area contributed by atoms with E-state index in [1.165, 1.54) is 28.5 Å². The average Bonchev–Trinajstić information content (AvgIpc) is 2.47. The van der Waals surface area contributed by atoms with E-state index in [9.17, 15) is 4.79 Å². The molecule has 0 unspecified atom stereocenters. The van der Waals surface area contributed by atoms with E-state index >= 15 is 0 Å². The third-order valence-corrected chi connectivity index (χ3v) is 3.58. The van der Waals surface area contributed by atoms with Crippen molar-refractivity contribution in [1.29, 1.82) is 5.41 Å². The van der Waals surface area contributed by atoms with Crippen molar-refractivity contribution >= 4 is 39.5 Å². The van der Waals surface area contributed by atoms with Crippen LogP contribution in [-0.4, -0.2) is 27.3 Å². The van der Waals surface area contributed by atoms with Gasteiger partial charge in [0.15, 0.2) is 10.2 Å². The Morgan fingerprint density at radius 3 is 3.23 bits per heavy atom. The number of amidine groups is 1. The molecule has 1 N–H and O–H groups in total. The number of ketones is 1. The van der Waals surface area contributed by atoms with Gasteiger partial charge in [0.2, 0.25) is 0 Å². The lowest BCUT2D eigenvalue weighted by molar-refractivity contribution is -0.113. The number of hydrogen-bond donors (Lipinski definition) is 1. The van der Waals surface area contributed by atoms with Gasteiger partial charge in [-0.15, -0.1) is 11.8 Å². The highest BCUT2D eigenvalue weighted by Gasteiger charge is 2.29. The van der Waals surface area contributed by atoms with E-state index in [4.69, 9.17) is 5.41 Å². The number of allylic oxidation sites excluding steroid dienone is 1. The molecule has 0 aromatic carbocycles. The van der Waals surface area contributed by atoms with E-state index in [1.54, 1.807) is 6.08 Å². The molecule has 68 valence electrons. The van der Waals surface area contributed by atoms with E-state index in [2.05, 4.69) is 5.10 Å². The van der Waals surface area contributed by atoms with Crippen molar-refractivity contribution in [1.82, 2.24) is 5.01 Å². The van der Waals surface area contributed by atoms with Gasteiger partial charge in [-0.2, -0.15) is 5.10 Å². The van der Waals surface area contributed by atoms with Gasteiger partial charge in [0.05, 0.1) is 6.42 Å². The van der Waals surface area contributed by atoms with Gasteiger partial charge in [-0.3, -0.25) is 10.2 Å². The van der Waals surface area contributed by atoms with Crippen molar-refractivity contribution in [3.63, 3.8) is 0 Å². The summed E-state index contributed by atoms with van der Waals surface area (Å²) in [6.07, 6.45) is 3.64. The van der Waals surface area contributed by atoms with Gasteiger partial charge in [0, 0.05) is 6.08 Å². The molecule has 6 heteroatoms. The van der Waals surface area contributed by atoms with Crippen LogP contribution < -0.4 is 0 Å². The normalized spacial score (nSPS) is 21.5. The van der Waals surface area contributed by atoms with Gasteiger partial charge >= 0.3 is 0 Å². The summed E-state index contributed by atoms with van der Waals surface area (Å²) >= 11 is 2.96. The second-order valence-electron chi connectivity index (χ2n) is 2.56. The largest absolute Gasteiger partial charge is 0.294 e. The van der Waals surface area contributed by atoms with Crippen molar-refractivity contribution in [3.8, 4) is 0 Å². The number of fused-ring (bicyclic) bond motifs is 1. The van der Waals surface area contributed by atoms with Crippen molar-refractivity contribution in [2.24, 2.45) is 5.10 Å². The summed E-state index contributed by atoms with van der Waals surface area (Å²) in [6, 6.07) is 0. The van der Waals surface area contributed by atoms with Crippen LogP contribution in [0.15, 0.2) is 16.2 Å². The maximum absolute atomic E-state index is 11.1. The van der Waals surface area contributed by atoms with Crippen LogP contribution in [0.5, 0.6) is 0 Å². The van der Waals surface area contributed by atoms with Crippen LogP contribution in [0.1, 0.15) is 6.42 Å². The Labute approximate surface area is 83.9 Å². The molecule has 0 spiro atoms. The first-order chi connectivity index (χ1) is 6.20. The third kappa shape index (κ3) is 1.51. The quantitative estimate of drug-likeness (QED) is 0.662. The Hall–Kier alpha value is -0.750. The Kier molecular flexibility index (Phi) is 2.17. The van der Waals surface area contributed by atoms with Crippen LogP contribution in [0.3, 0.4) is 0 Å². The van der Waals surface area contributed by atoms with Crippen molar-refractivity contribution < 1.29 is 4.79 Å². The Morgan fingerprint density at radius 2 is 2.54 bits per heavy atom. The number of carbonyl (C=O) groups excluding carboxylic acids is 1. The molecule has 13 heavy (non-hydrogen) atoms. The number of nitrogens with one attached hydrogen (secondary N) is 1. The molecule has 0 aromatic rings. The molecule has 2 heterocycles. The first-order valence-electron chi connectivity index (χ1n) is 3.63. The maximum Gasteiger partial charge on any atom is 0.165 e. The van der Waals surface area contributed by atoms with Crippen LogP contribution >= 0.6 is 23.5 Å². The summed E-state index contributed by atoms with van der Waals surface area (Å²) in [5, 5.41) is 14.0. The zero-order valence-electron chi connectivity index (χ0n) is 6.90. The Bertz CT molecular complexity index is 348. The van der Waals surface area contributed by atoms with Crippen LogP contribution in [0, 0.1) is 5.41 Å². The molecule has 0 aromatic heterocycles. The van der Waals surface area contributed by atoms with Crippen molar-refractivity contribution in [3.05, 3.63) is 11.1 Å². The van der Waals surface area contributed by atoms with Gasteiger partial charge in [-0.1, -0.05) is 0 Å². The van der Waals surface area contributed by atoms with E-state index in [0.717, 1.165) is 9.40 Å². The highest BCUT2D eigenvalue weighted by Crippen LogP contribution is 2.36. The SMILES string of the molecule is CSC1=NN2C(=N)CC(=O)C=C2S1. The fourth-order valence-electron chi connectivity index (χ4n) is 1.08. The lowest BCUT2D eigenvalue weighted by Crippen LogP contribution is -2.27. The number of nitrogens with zero attached hydrogens (tertiary/aromatic N) is 2. The van der Waals surface area contributed by atoms with E-state index in [0.29, 0.717) is 0 Å². The molecule has 0 bridgehead atoms. The molecule has 0 aliphatic carbocycles. The summed E-state index contributed by atoms with van der Waals surface area (Å²) in [6.45, 7) is 0. The highest BCUT2D eigenvalue weighted by molar-refractivity contribution is 8.40. The predicted molar refractivity (Wildman–Crippen MR) is 55.8 cm³/mol. The summed E-state index contributed by atoms with van der Waals surface area (Å²) in [5.74, 6) is 0.250. The van der Waals surface area contributed by atoms with Crippen molar-refractivity contribution in [2.45, 2.75) is 6.42 Å². The van der Waals surface area contributed by atoms with Crippen LogP contribution in [-0.2, 0) is 4.79 Å². The maximum atomic E-state index is 11.1. The fraction of sp³-hybridized carbons (Fsp3) is 0.286. The summed E-state index contributed by atoms with van der Waals surface area (Å²) in [7, 11) is 0. The number of rotatable bonds is 0. The number of carbonyl (C=O) groups is 1. The second kappa shape index (κ2) is 3.19. The molecule has 4 nitrogen and oxygen atoms in total. The fourth-order valence-corrected chi connectivity index (χ4v) is 2.56. The second-order valence-corrected chi connectivity index (χ2v) is 4.62. The van der Waals surface area contributed by atoms with E-state index in [-0.39, 0.29) is 18.0 Å². The molecule has 2 aliphatic rings. The first kappa shape index (κ1) is 8.83. The van der Waals surface area contributed by atoms with Gasteiger partial charge < -0.3 is 0 Å². The lowest BCUT2D eigenvalue weighted by Gasteiger charge is -2.18. The molecule has 0 saturated heterocycles. The molecular formula is C7H7N3OS2. The summed E-state index contributed by atoms with van der Waals surface area (Å²) < 4.78 is 0.880. The molecule has 0 atom stereocenters. The minimum Gasteiger partial charge on any atom is -0.294 e. The Morgan fingerprint density at radius 1 is 1.77 bits per heavy atom. The number of hydrazone groups is 1. The standard InChI is InChI=1S/C7H7N3OS2/c1-12-7-9-10-5(8)2-4(11)3-6(10)13-7/h3,8H,2H2,1H3. The average molecular weight is 213 g/mol. The van der Waals surface area contributed by atoms with E-state index in [1.807, 2.05) is 6.26 Å². The number of thioether (sulfide) groups is 2. The predicted octanol–water partition coefficient (Wildman–Crippen LogP) is 1.46. The van der Waals surface area contributed by atoms with Gasteiger partial charge in [0.25, 0.3) is 0 Å². The Balaban J connectivity index is 2.32. The minimum atomic E-state index is -0.0127. The van der Waals surface area contributed by atoms with Crippen LogP contribution in [0.2, 0.25) is 0 Å². The third-order valence-electron chi connectivity index (χ3n) is 1.64. The van der Waals surface area contributed by atoms with Crippen LogP contribution in [0.4, 0.5) is 0 Å². The zero-order valence-corrected chi connectivity index (χ0v) is 8.54. The smallest absolute Gasteiger partial charge is 0.165 e. The zero-order chi connectivity index (χ0) is 9.42. The molecule has 2 aliphatic heterocycles. The van der Waals surface area contributed by atoms with Crippen molar-refractivity contribution in [2.75, 3.05) is 6.26 Å². The summed E-state index contributed by atoms with van der Waals surface area (Å²) in [5.41, 5.74) is 0. The molecule has 0 saturated carbocycles. The lowest BCUT2D eigenvalue weighted by atomic mass is 10.2. The molecule has 0 fully saturated rings. The van der Waals surface area contributed by atoms with Gasteiger partial charge in [-0.25, -0.2) is 5.01 Å². The molecular weight excluding hydrogens is 206 g/mol. The molecule has 0 radical (unpaired) electrons. The van der Waals surface area contributed by atoms with Crippen LogP contribution in [0.25, 0.3) is 0 Å². The molecule has 2 rings (SSSR count). The van der Waals surface area contributed by atoms with Gasteiger partial charge in [0.1, 0.15) is 10.9 Å². The van der Waals surface area contributed by atoms with Gasteiger partial charge in [-0.05, 0) is 18.0 Å². The minimum absolute atomic E-state index is 0.0127.